The highest BCUT2D eigenvalue weighted by Crippen LogP contribution is 2.30. The molecule has 0 aliphatic carbocycles. The number of nitro benzene ring substituents is 1. The van der Waals surface area contributed by atoms with Crippen molar-refractivity contribution in [2.75, 3.05) is 5.32 Å². The van der Waals surface area contributed by atoms with E-state index in [1.54, 1.807) is 30.3 Å². The third kappa shape index (κ3) is 3.79. The first-order chi connectivity index (χ1) is 11.0. The van der Waals surface area contributed by atoms with Gasteiger partial charge in [-0.05, 0) is 18.2 Å². The molecular formula is C15H9Cl2N3O2S. The summed E-state index contributed by atoms with van der Waals surface area (Å²) in [5.41, 5.74) is 2.11. The van der Waals surface area contributed by atoms with E-state index in [0.29, 0.717) is 26.4 Å². The van der Waals surface area contributed by atoms with Gasteiger partial charge >= 0.3 is 0 Å². The van der Waals surface area contributed by atoms with Gasteiger partial charge in [-0.1, -0.05) is 35.3 Å². The lowest BCUT2D eigenvalue weighted by molar-refractivity contribution is -0.384. The minimum Gasteiger partial charge on any atom is -0.331 e. The molecule has 1 aromatic heterocycles. The molecule has 1 heterocycles. The largest absolute Gasteiger partial charge is 0.331 e. The van der Waals surface area contributed by atoms with Crippen LogP contribution in [0, 0.1) is 10.1 Å². The highest BCUT2D eigenvalue weighted by Gasteiger charge is 2.10. The zero-order valence-corrected chi connectivity index (χ0v) is 13.8. The number of hydrogen-bond donors (Lipinski definition) is 1. The SMILES string of the molecule is O=[N+]([O-])c1cccc(-c2csc(Nc3cc(Cl)cc(Cl)c3)n2)c1. The fourth-order valence-corrected chi connectivity index (χ4v) is 3.26. The summed E-state index contributed by atoms with van der Waals surface area (Å²) in [6, 6.07) is 11.5. The zero-order chi connectivity index (χ0) is 16.4. The van der Waals surface area contributed by atoms with Crippen LogP contribution in [0.1, 0.15) is 0 Å². The van der Waals surface area contributed by atoms with Crippen LogP contribution < -0.4 is 5.32 Å². The predicted octanol–water partition coefficient (Wildman–Crippen LogP) is 5.77. The number of non-ortho nitro benzene ring substituents is 1. The van der Waals surface area contributed by atoms with E-state index in [2.05, 4.69) is 10.3 Å². The summed E-state index contributed by atoms with van der Waals surface area (Å²) in [5.74, 6) is 0. The molecule has 1 N–H and O–H groups in total. The summed E-state index contributed by atoms with van der Waals surface area (Å²) in [6.45, 7) is 0. The quantitative estimate of drug-likeness (QED) is 0.470. The molecule has 23 heavy (non-hydrogen) atoms. The molecule has 0 spiro atoms. The average molecular weight is 366 g/mol. The van der Waals surface area contributed by atoms with Gasteiger partial charge in [0.2, 0.25) is 0 Å². The van der Waals surface area contributed by atoms with E-state index in [-0.39, 0.29) is 5.69 Å². The molecule has 0 saturated heterocycles. The summed E-state index contributed by atoms with van der Waals surface area (Å²) < 4.78 is 0. The topological polar surface area (TPSA) is 68.1 Å². The Bertz CT molecular complexity index is 862. The predicted molar refractivity (Wildman–Crippen MR) is 93.9 cm³/mol. The second-order valence-corrected chi connectivity index (χ2v) is 6.36. The van der Waals surface area contributed by atoms with Crippen LogP contribution in [0.3, 0.4) is 0 Å². The lowest BCUT2D eigenvalue weighted by Gasteiger charge is -2.03. The Morgan fingerprint density at radius 3 is 2.57 bits per heavy atom. The molecule has 2 aromatic carbocycles. The normalized spacial score (nSPS) is 10.5. The molecule has 0 radical (unpaired) electrons. The molecule has 8 heteroatoms. The third-order valence-corrected chi connectivity index (χ3v) is 4.16. The maximum absolute atomic E-state index is 10.8. The summed E-state index contributed by atoms with van der Waals surface area (Å²) >= 11 is 13.3. The number of hydrogen-bond acceptors (Lipinski definition) is 5. The van der Waals surface area contributed by atoms with E-state index in [1.165, 1.54) is 23.5 Å². The van der Waals surface area contributed by atoms with Crippen molar-refractivity contribution in [1.29, 1.82) is 0 Å². The number of nitrogens with one attached hydrogen (secondary N) is 1. The van der Waals surface area contributed by atoms with Crippen molar-refractivity contribution in [3.05, 3.63) is 68.0 Å². The van der Waals surface area contributed by atoms with E-state index in [0.717, 1.165) is 5.69 Å². The lowest BCUT2D eigenvalue weighted by Crippen LogP contribution is -1.90. The lowest BCUT2D eigenvalue weighted by atomic mass is 10.1. The molecule has 0 aliphatic heterocycles. The molecule has 0 atom stereocenters. The standard InChI is InChI=1S/C15H9Cl2N3O2S/c16-10-5-11(17)7-12(6-10)18-15-19-14(8-23-15)9-2-1-3-13(4-9)20(21)22/h1-8H,(H,18,19). The summed E-state index contributed by atoms with van der Waals surface area (Å²) in [6.07, 6.45) is 0. The van der Waals surface area contributed by atoms with Crippen LogP contribution in [0.2, 0.25) is 10.0 Å². The van der Waals surface area contributed by atoms with Crippen molar-refractivity contribution in [2.24, 2.45) is 0 Å². The third-order valence-electron chi connectivity index (χ3n) is 2.97. The van der Waals surface area contributed by atoms with E-state index in [1.807, 2.05) is 5.38 Å². The first kappa shape index (κ1) is 15.7. The van der Waals surface area contributed by atoms with Gasteiger partial charge in [0.15, 0.2) is 5.13 Å². The second kappa shape index (κ2) is 6.54. The van der Waals surface area contributed by atoms with Crippen molar-refractivity contribution in [2.45, 2.75) is 0 Å². The molecule has 0 unspecified atom stereocenters. The smallest absolute Gasteiger partial charge is 0.270 e. The maximum atomic E-state index is 10.8. The number of nitro groups is 1. The number of anilines is 2. The number of rotatable bonds is 4. The Balaban J connectivity index is 1.85. The van der Waals surface area contributed by atoms with Gasteiger partial charge in [-0.25, -0.2) is 4.98 Å². The molecule has 0 fully saturated rings. The van der Waals surface area contributed by atoms with Crippen LogP contribution in [-0.4, -0.2) is 9.91 Å². The monoisotopic (exact) mass is 365 g/mol. The molecule has 0 bridgehead atoms. The van der Waals surface area contributed by atoms with Crippen molar-refractivity contribution in [3.8, 4) is 11.3 Å². The van der Waals surface area contributed by atoms with E-state index in [9.17, 15) is 10.1 Å². The van der Waals surface area contributed by atoms with Crippen LogP contribution in [0.25, 0.3) is 11.3 Å². The van der Waals surface area contributed by atoms with Gasteiger partial charge < -0.3 is 5.32 Å². The Morgan fingerprint density at radius 2 is 1.87 bits per heavy atom. The Labute approximate surface area is 145 Å². The minimum atomic E-state index is -0.428. The van der Waals surface area contributed by atoms with Crippen molar-refractivity contribution >= 4 is 51.0 Å². The van der Waals surface area contributed by atoms with Crippen molar-refractivity contribution in [3.63, 3.8) is 0 Å². The van der Waals surface area contributed by atoms with Crippen molar-refractivity contribution in [1.82, 2.24) is 4.98 Å². The average Bonchev–Trinajstić information content (AvgIpc) is 2.95. The summed E-state index contributed by atoms with van der Waals surface area (Å²) in [5, 5.41) is 17.5. The summed E-state index contributed by atoms with van der Waals surface area (Å²) in [4.78, 5) is 14.9. The van der Waals surface area contributed by atoms with Crippen LogP contribution in [0.5, 0.6) is 0 Å². The minimum absolute atomic E-state index is 0.0339. The van der Waals surface area contributed by atoms with Gasteiger partial charge in [-0.2, -0.15) is 0 Å². The number of benzene rings is 2. The van der Waals surface area contributed by atoms with E-state index >= 15 is 0 Å². The van der Waals surface area contributed by atoms with Crippen LogP contribution in [-0.2, 0) is 0 Å². The van der Waals surface area contributed by atoms with Crippen LogP contribution in [0.4, 0.5) is 16.5 Å². The zero-order valence-electron chi connectivity index (χ0n) is 11.5. The first-order valence-electron chi connectivity index (χ1n) is 6.45. The Kier molecular flexibility index (Phi) is 4.47. The van der Waals surface area contributed by atoms with Crippen LogP contribution in [0.15, 0.2) is 47.8 Å². The van der Waals surface area contributed by atoms with Gasteiger partial charge in [0.25, 0.3) is 5.69 Å². The highest BCUT2D eigenvalue weighted by molar-refractivity contribution is 7.14. The second-order valence-electron chi connectivity index (χ2n) is 4.63. The molecule has 0 amide bonds. The van der Waals surface area contributed by atoms with Gasteiger partial charge in [0.1, 0.15) is 0 Å². The number of thiazole rings is 1. The molecule has 3 rings (SSSR count). The van der Waals surface area contributed by atoms with Gasteiger partial charge in [-0.15, -0.1) is 11.3 Å². The molecule has 5 nitrogen and oxygen atoms in total. The fraction of sp³-hybridized carbons (Fsp3) is 0. The molecule has 116 valence electrons. The highest BCUT2D eigenvalue weighted by atomic mass is 35.5. The first-order valence-corrected chi connectivity index (χ1v) is 8.08. The van der Waals surface area contributed by atoms with Crippen molar-refractivity contribution < 1.29 is 4.92 Å². The van der Waals surface area contributed by atoms with Gasteiger partial charge in [0, 0.05) is 38.8 Å². The van der Waals surface area contributed by atoms with E-state index in [4.69, 9.17) is 23.2 Å². The molecule has 3 aromatic rings. The number of halogens is 2. The molecular weight excluding hydrogens is 357 g/mol. The van der Waals surface area contributed by atoms with E-state index < -0.39 is 4.92 Å². The van der Waals surface area contributed by atoms with Crippen LogP contribution >= 0.6 is 34.5 Å². The van der Waals surface area contributed by atoms with Gasteiger partial charge in [-0.3, -0.25) is 10.1 Å². The molecule has 0 aliphatic rings. The summed E-state index contributed by atoms with van der Waals surface area (Å²) in [7, 11) is 0. The molecule has 0 saturated carbocycles. The number of aromatic nitrogens is 1. The van der Waals surface area contributed by atoms with Gasteiger partial charge in [0.05, 0.1) is 10.6 Å². The number of nitrogens with zero attached hydrogens (tertiary/aromatic N) is 2. The maximum Gasteiger partial charge on any atom is 0.270 e. The fourth-order valence-electron chi connectivity index (χ4n) is 1.99. The Hall–Kier alpha value is -2.15. The Morgan fingerprint density at radius 1 is 1.13 bits per heavy atom.